The molecule has 2 rings (SSSR count). The first-order chi connectivity index (χ1) is 9.13. The molecule has 0 radical (unpaired) electrons. The third-order valence-corrected chi connectivity index (χ3v) is 3.27. The summed E-state index contributed by atoms with van der Waals surface area (Å²) < 4.78 is 0.844. The molecule has 3 N–H and O–H groups in total. The summed E-state index contributed by atoms with van der Waals surface area (Å²) in [7, 11) is 0. The summed E-state index contributed by atoms with van der Waals surface area (Å²) in [5.41, 5.74) is 1.56. The van der Waals surface area contributed by atoms with Crippen molar-refractivity contribution in [3.8, 4) is 0 Å². The zero-order valence-corrected chi connectivity index (χ0v) is 11.6. The lowest BCUT2D eigenvalue weighted by atomic mass is 9.91. The van der Waals surface area contributed by atoms with Crippen LogP contribution in [-0.4, -0.2) is 29.9 Å². The Kier molecular flexibility index (Phi) is 4.34. The number of hydrogen-bond acceptors (Lipinski definition) is 4. The van der Waals surface area contributed by atoms with Gasteiger partial charge < -0.3 is 15.7 Å². The van der Waals surface area contributed by atoms with Crippen LogP contribution in [0.1, 0.15) is 11.5 Å². The highest BCUT2D eigenvalue weighted by molar-refractivity contribution is 9.10. The highest BCUT2D eigenvalue weighted by atomic mass is 79.9. The van der Waals surface area contributed by atoms with Crippen LogP contribution in [-0.2, 0) is 9.59 Å². The lowest BCUT2D eigenvalue weighted by Gasteiger charge is -2.20. The maximum absolute atomic E-state index is 12.1. The van der Waals surface area contributed by atoms with Crippen molar-refractivity contribution in [2.75, 3.05) is 18.5 Å². The average molecular weight is 325 g/mol. The van der Waals surface area contributed by atoms with Crippen LogP contribution in [0.25, 0.3) is 0 Å². The van der Waals surface area contributed by atoms with Gasteiger partial charge in [0.25, 0.3) is 5.91 Å². The highest BCUT2D eigenvalue weighted by Crippen LogP contribution is 2.32. The quantitative estimate of drug-likeness (QED) is 0.726. The molecule has 0 spiro atoms. The number of allylic oxidation sites excluding steroid dienone is 1. The van der Waals surface area contributed by atoms with E-state index in [1.54, 1.807) is 12.3 Å². The largest absolute Gasteiger partial charge is 0.395 e. The Labute approximate surface area is 118 Å². The number of ketones is 1. The molecule has 1 heterocycles. The number of hydrogen-bond donors (Lipinski definition) is 3. The van der Waals surface area contributed by atoms with Crippen LogP contribution in [0.15, 0.2) is 34.9 Å². The topological polar surface area (TPSA) is 78.4 Å². The predicted octanol–water partition coefficient (Wildman–Crippen LogP) is 1.15. The molecule has 100 valence electrons. The number of anilines is 1. The molecule has 1 aromatic rings. The SMILES string of the molecule is O=C(NCCO)C(=O)C1C=CNc2ccc(Br)cc21. The summed E-state index contributed by atoms with van der Waals surface area (Å²) >= 11 is 3.35. The second-order valence-corrected chi connectivity index (χ2v) is 4.97. The Balaban J connectivity index is 2.23. The summed E-state index contributed by atoms with van der Waals surface area (Å²) in [4.78, 5) is 23.7. The molecular formula is C13H13BrN2O3. The lowest BCUT2D eigenvalue weighted by Crippen LogP contribution is -2.36. The second-order valence-electron chi connectivity index (χ2n) is 4.06. The fourth-order valence-electron chi connectivity index (χ4n) is 1.89. The van der Waals surface area contributed by atoms with Crippen LogP contribution in [0.2, 0.25) is 0 Å². The van der Waals surface area contributed by atoms with E-state index < -0.39 is 17.6 Å². The first kappa shape index (κ1) is 13.8. The molecule has 0 fully saturated rings. The van der Waals surface area contributed by atoms with Crippen LogP contribution in [0.5, 0.6) is 0 Å². The maximum atomic E-state index is 12.1. The standard InChI is InChI=1S/C13H13BrN2O3/c14-8-1-2-11-10(7-8)9(3-4-15-11)12(18)13(19)16-5-6-17/h1-4,7,9,15,17H,5-6H2,(H,16,19). The van der Waals surface area contributed by atoms with E-state index in [9.17, 15) is 9.59 Å². The minimum atomic E-state index is -0.684. The van der Waals surface area contributed by atoms with Crippen molar-refractivity contribution in [2.24, 2.45) is 0 Å². The van der Waals surface area contributed by atoms with Gasteiger partial charge in [-0.2, -0.15) is 0 Å². The third-order valence-electron chi connectivity index (χ3n) is 2.78. The van der Waals surface area contributed by atoms with E-state index in [1.807, 2.05) is 18.2 Å². The molecule has 1 unspecified atom stereocenters. The normalized spacial score (nSPS) is 16.4. The molecule has 1 aromatic carbocycles. The van der Waals surface area contributed by atoms with E-state index in [0.717, 1.165) is 15.7 Å². The molecule has 1 aliphatic heterocycles. The van der Waals surface area contributed by atoms with E-state index in [2.05, 4.69) is 26.6 Å². The number of fused-ring (bicyclic) bond motifs is 1. The van der Waals surface area contributed by atoms with Crippen molar-refractivity contribution in [2.45, 2.75) is 5.92 Å². The Morgan fingerprint density at radius 2 is 2.21 bits per heavy atom. The fraction of sp³-hybridized carbons (Fsp3) is 0.231. The number of aliphatic hydroxyl groups is 1. The number of amides is 1. The summed E-state index contributed by atoms with van der Waals surface area (Å²) in [5, 5.41) is 14.0. The summed E-state index contributed by atoms with van der Waals surface area (Å²) in [6.45, 7) is -0.117. The van der Waals surface area contributed by atoms with Crippen molar-refractivity contribution in [1.29, 1.82) is 0 Å². The molecule has 0 bridgehead atoms. The van der Waals surface area contributed by atoms with Crippen molar-refractivity contribution in [1.82, 2.24) is 5.32 Å². The summed E-state index contributed by atoms with van der Waals surface area (Å²) in [6, 6.07) is 5.51. The number of halogens is 1. The Bertz CT molecular complexity index is 543. The van der Waals surface area contributed by atoms with Gasteiger partial charge in [-0.3, -0.25) is 9.59 Å². The average Bonchev–Trinajstić information content (AvgIpc) is 2.43. The molecule has 0 aromatic heterocycles. The monoisotopic (exact) mass is 324 g/mol. The molecule has 0 saturated heterocycles. The molecular weight excluding hydrogens is 312 g/mol. The van der Waals surface area contributed by atoms with Crippen LogP contribution in [0.4, 0.5) is 5.69 Å². The van der Waals surface area contributed by atoms with Gasteiger partial charge in [-0.25, -0.2) is 0 Å². The molecule has 0 aliphatic carbocycles. The van der Waals surface area contributed by atoms with E-state index in [0.29, 0.717) is 0 Å². The van der Waals surface area contributed by atoms with E-state index in [4.69, 9.17) is 5.11 Å². The van der Waals surface area contributed by atoms with Gasteiger partial charge in [0.2, 0.25) is 5.78 Å². The van der Waals surface area contributed by atoms with Gasteiger partial charge in [0.05, 0.1) is 12.5 Å². The van der Waals surface area contributed by atoms with Crippen molar-refractivity contribution in [3.63, 3.8) is 0 Å². The molecule has 19 heavy (non-hydrogen) atoms. The lowest BCUT2D eigenvalue weighted by molar-refractivity contribution is -0.138. The predicted molar refractivity (Wildman–Crippen MR) is 74.7 cm³/mol. The first-order valence-electron chi connectivity index (χ1n) is 5.79. The fourth-order valence-corrected chi connectivity index (χ4v) is 2.27. The van der Waals surface area contributed by atoms with Gasteiger partial charge in [-0.05, 0) is 30.0 Å². The van der Waals surface area contributed by atoms with Crippen LogP contribution in [0, 0.1) is 0 Å². The van der Waals surface area contributed by atoms with E-state index in [1.165, 1.54) is 0 Å². The van der Waals surface area contributed by atoms with Gasteiger partial charge in [0, 0.05) is 16.7 Å². The minimum Gasteiger partial charge on any atom is -0.395 e. The van der Waals surface area contributed by atoms with Gasteiger partial charge >= 0.3 is 0 Å². The number of rotatable bonds is 4. The first-order valence-corrected chi connectivity index (χ1v) is 6.58. The van der Waals surface area contributed by atoms with Gasteiger partial charge in [0.15, 0.2) is 0 Å². The van der Waals surface area contributed by atoms with Crippen molar-refractivity contribution in [3.05, 3.63) is 40.5 Å². The second kappa shape index (κ2) is 5.99. The smallest absolute Gasteiger partial charge is 0.288 e. The van der Waals surface area contributed by atoms with E-state index in [-0.39, 0.29) is 13.2 Å². The molecule has 1 aliphatic rings. The number of nitrogens with one attached hydrogen (secondary N) is 2. The Morgan fingerprint density at radius 3 is 2.95 bits per heavy atom. The zero-order valence-electron chi connectivity index (χ0n) is 10.0. The number of Topliss-reactive ketones (excluding diaryl/α,β-unsaturated/α-hetero) is 1. The van der Waals surface area contributed by atoms with Gasteiger partial charge in [-0.15, -0.1) is 0 Å². The van der Waals surface area contributed by atoms with Crippen LogP contribution >= 0.6 is 15.9 Å². The summed E-state index contributed by atoms with van der Waals surface area (Å²) in [5.74, 6) is -1.82. The van der Waals surface area contributed by atoms with Crippen LogP contribution in [0.3, 0.4) is 0 Å². The van der Waals surface area contributed by atoms with Gasteiger partial charge in [-0.1, -0.05) is 22.0 Å². The van der Waals surface area contributed by atoms with Crippen molar-refractivity contribution >= 4 is 33.3 Å². The molecule has 6 heteroatoms. The summed E-state index contributed by atoms with van der Waals surface area (Å²) in [6.07, 6.45) is 3.30. The zero-order chi connectivity index (χ0) is 13.8. The van der Waals surface area contributed by atoms with Crippen molar-refractivity contribution < 1.29 is 14.7 Å². The molecule has 1 atom stereocenters. The highest BCUT2D eigenvalue weighted by Gasteiger charge is 2.28. The number of benzene rings is 1. The molecule has 1 amide bonds. The maximum Gasteiger partial charge on any atom is 0.288 e. The number of aliphatic hydroxyl groups excluding tert-OH is 1. The number of carbonyl (C=O) groups excluding carboxylic acids is 2. The van der Waals surface area contributed by atoms with Gasteiger partial charge in [0.1, 0.15) is 0 Å². The molecule has 0 saturated carbocycles. The molecule has 5 nitrogen and oxygen atoms in total. The Hall–Kier alpha value is -1.66. The van der Waals surface area contributed by atoms with E-state index >= 15 is 0 Å². The Morgan fingerprint density at radius 1 is 1.42 bits per heavy atom. The third kappa shape index (κ3) is 3.02. The minimum absolute atomic E-state index is 0.0740. The number of carbonyl (C=O) groups is 2. The van der Waals surface area contributed by atoms with Crippen LogP contribution < -0.4 is 10.6 Å².